The first-order chi connectivity index (χ1) is 6.24. The Morgan fingerprint density at radius 3 is 2.85 bits per heavy atom. The quantitative estimate of drug-likeness (QED) is 0.496. The van der Waals surface area contributed by atoms with Crippen molar-refractivity contribution in [1.82, 2.24) is 0 Å². The molecule has 2 N–H and O–H groups in total. The highest BCUT2D eigenvalue weighted by atomic mass is 16.8. The molecule has 5 nitrogen and oxygen atoms in total. The van der Waals surface area contributed by atoms with Crippen LogP contribution in [0.25, 0.3) is 0 Å². The third-order valence-electron chi connectivity index (χ3n) is 1.83. The lowest BCUT2D eigenvalue weighted by Crippen LogP contribution is -2.25. The minimum Gasteiger partial charge on any atom is -0.427 e. The van der Waals surface area contributed by atoms with Gasteiger partial charge in [-0.2, -0.15) is 0 Å². The van der Waals surface area contributed by atoms with Crippen molar-refractivity contribution in [3.05, 3.63) is 0 Å². The lowest BCUT2D eigenvalue weighted by Gasteiger charge is -2.10. The van der Waals surface area contributed by atoms with E-state index in [1.807, 2.05) is 0 Å². The van der Waals surface area contributed by atoms with E-state index in [0.717, 1.165) is 6.42 Å². The molecule has 1 aliphatic rings. The van der Waals surface area contributed by atoms with Crippen LogP contribution in [0.15, 0.2) is 0 Å². The molecule has 0 radical (unpaired) electrons. The van der Waals surface area contributed by atoms with E-state index >= 15 is 0 Å². The van der Waals surface area contributed by atoms with E-state index in [0.29, 0.717) is 19.8 Å². The summed E-state index contributed by atoms with van der Waals surface area (Å²) in [6, 6.07) is 0. The summed E-state index contributed by atoms with van der Waals surface area (Å²) in [6.45, 7) is 3.36. The predicted octanol–water partition coefficient (Wildman–Crippen LogP) is 0.276. The van der Waals surface area contributed by atoms with Gasteiger partial charge in [-0.05, 0) is 19.9 Å². The SMILES string of the molecule is CC1OC(=O)OC1COCCCN. The lowest BCUT2D eigenvalue weighted by atomic mass is 10.2. The molecule has 0 bridgehead atoms. The fraction of sp³-hybridized carbons (Fsp3) is 0.875. The summed E-state index contributed by atoms with van der Waals surface area (Å²) in [5.41, 5.74) is 5.28. The van der Waals surface area contributed by atoms with E-state index in [4.69, 9.17) is 19.9 Å². The van der Waals surface area contributed by atoms with Crippen molar-refractivity contribution >= 4 is 6.16 Å². The number of nitrogens with two attached hydrogens (primary N) is 1. The normalized spacial score (nSPS) is 27.1. The van der Waals surface area contributed by atoms with Crippen LogP contribution in [0.2, 0.25) is 0 Å². The number of hydrogen-bond acceptors (Lipinski definition) is 5. The van der Waals surface area contributed by atoms with Crippen LogP contribution >= 0.6 is 0 Å². The Morgan fingerprint density at radius 1 is 1.54 bits per heavy atom. The fourth-order valence-corrected chi connectivity index (χ4v) is 1.03. The van der Waals surface area contributed by atoms with Gasteiger partial charge in [0.2, 0.25) is 0 Å². The third-order valence-corrected chi connectivity index (χ3v) is 1.83. The maximum atomic E-state index is 10.6. The molecule has 1 fully saturated rings. The van der Waals surface area contributed by atoms with Crippen molar-refractivity contribution in [3.8, 4) is 0 Å². The molecule has 1 heterocycles. The van der Waals surface area contributed by atoms with Gasteiger partial charge in [0.15, 0.2) is 6.10 Å². The van der Waals surface area contributed by atoms with Gasteiger partial charge in [-0.15, -0.1) is 0 Å². The molecule has 1 rings (SSSR count). The topological polar surface area (TPSA) is 70.8 Å². The smallest absolute Gasteiger partial charge is 0.427 e. The molecule has 5 heteroatoms. The van der Waals surface area contributed by atoms with Gasteiger partial charge in [0.25, 0.3) is 0 Å². The number of hydrogen-bond donors (Lipinski definition) is 1. The van der Waals surface area contributed by atoms with Crippen LogP contribution in [0.3, 0.4) is 0 Å². The van der Waals surface area contributed by atoms with Gasteiger partial charge >= 0.3 is 6.16 Å². The predicted molar refractivity (Wildman–Crippen MR) is 45.3 cm³/mol. The Hall–Kier alpha value is -0.810. The first-order valence-electron chi connectivity index (χ1n) is 4.39. The highest BCUT2D eigenvalue weighted by Gasteiger charge is 2.32. The van der Waals surface area contributed by atoms with Gasteiger partial charge in [-0.25, -0.2) is 4.79 Å². The number of carbonyl (C=O) groups excluding carboxylic acids is 1. The molecule has 2 atom stereocenters. The maximum absolute atomic E-state index is 10.6. The molecule has 1 aliphatic heterocycles. The standard InChI is InChI=1S/C8H15NO4/c1-6-7(13-8(10)12-6)5-11-4-2-3-9/h6-7H,2-5,9H2,1H3. The van der Waals surface area contributed by atoms with Gasteiger partial charge in [0, 0.05) is 6.61 Å². The number of rotatable bonds is 5. The minimum absolute atomic E-state index is 0.217. The third kappa shape index (κ3) is 3.20. The van der Waals surface area contributed by atoms with E-state index in [9.17, 15) is 4.79 Å². The molecule has 0 aliphatic carbocycles. The average molecular weight is 189 g/mol. The molecule has 76 valence electrons. The van der Waals surface area contributed by atoms with Crippen LogP contribution in [-0.2, 0) is 14.2 Å². The van der Waals surface area contributed by atoms with Crippen LogP contribution in [0.4, 0.5) is 4.79 Å². The summed E-state index contributed by atoms with van der Waals surface area (Å²) in [5, 5.41) is 0. The number of cyclic esters (lactones) is 2. The molecule has 0 aromatic rings. The number of carbonyl (C=O) groups is 1. The Kier molecular flexibility index (Phi) is 3.98. The van der Waals surface area contributed by atoms with Crippen molar-refractivity contribution in [3.63, 3.8) is 0 Å². The minimum atomic E-state index is -0.611. The summed E-state index contributed by atoms with van der Waals surface area (Å²) in [7, 11) is 0. The largest absolute Gasteiger partial charge is 0.509 e. The van der Waals surface area contributed by atoms with Gasteiger partial charge in [0.1, 0.15) is 6.10 Å². The second-order valence-electron chi connectivity index (χ2n) is 2.95. The molecule has 1 saturated heterocycles. The van der Waals surface area contributed by atoms with Crippen LogP contribution in [-0.4, -0.2) is 38.1 Å². The van der Waals surface area contributed by atoms with Crippen molar-refractivity contribution in [1.29, 1.82) is 0 Å². The van der Waals surface area contributed by atoms with Crippen LogP contribution < -0.4 is 5.73 Å². The van der Waals surface area contributed by atoms with Crippen molar-refractivity contribution in [2.75, 3.05) is 19.8 Å². The van der Waals surface area contributed by atoms with Gasteiger partial charge < -0.3 is 19.9 Å². The molecule has 0 aromatic heterocycles. The monoisotopic (exact) mass is 189 g/mol. The van der Waals surface area contributed by atoms with Gasteiger partial charge in [-0.1, -0.05) is 0 Å². The van der Waals surface area contributed by atoms with Crippen LogP contribution in [0.1, 0.15) is 13.3 Å². The fourth-order valence-electron chi connectivity index (χ4n) is 1.03. The van der Waals surface area contributed by atoms with Crippen LogP contribution in [0.5, 0.6) is 0 Å². The summed E-state index contributed by atoms with van der Waals surface area (Å²) in [6.07, 6.45) is -0.286. The molecule has 2 unspecified atom stereocenters. The second kappa shape index (κ2) is 5.04. The summed E-state index contributed by atoms with van der Waals surface area (Å²) < 4.78 is 14.8. The summed E-state index contributed by atoms with van der Waals surface area (Å²) >= 11 is 0. The average Bonchev–Trinajstić information content (AvgIpc) is 2.39. The highest BCUT2D eigenvalue weighted by molar-refractivity contribution is 5.62. The van der Waals surface area contributed by atoms with Crippen LogP contribution in [0, 0.1) is 0 Å². The Balaban J connectivity index is 2.11. The zero-order valence-electron chi connectivity index (χ0n) is 7.69. The highest BCUT2D eigenvalue weighted by Crippen LogP contribution is 2.14. The van der Waals surface area contributed by atoms with E-state index in [1.54, 1.807) is 6.92 Å². The first kappa shape index (κ1) is 10.3. The summed E-state index contributed by atoms with van der Waals surface area (Å²) in [4.78, 5) is 10.6. The zero-order valence-corrected chi connectivity index (χ0v) is 7.69. The molecule has 0 saturated carbocycles. The maximum Gasteiger partial charge on any atom is 0.509 e. The molecule has 0 amide bonds. The Bertz CT molecular complexity index is 174. The molecule has 0 aromatic carbocycles. The van der Waals surface area contributed by atoms with E-state index in [-0.39, 0.29) is 12.2 Å². The van der Waals surface area contributed by atoms with Gasteiger partial charge in [0.05, 0.1) is 6.61 Å². The van der Waals surface area contributed by atoms with Crippen molar-refractivity contribution < 1.29 is 19.0 Å². The van der Waals surface area contributed by atoms with Gasteiger partial charge in [-0.3, -0.25) is 0 Å². The van der Waals surface area contributed by atoms with E-state index in [1.165, 1.54) is 0 Å². The Labute approximate surface area is 77.1 Å². The van der Waals surface area contributed by atoms with E-state index in [2.05, 4.69) is 0 Å². The Morgan fingerprint density at radius 2 is 2.31 bits per heavy atom. The van der Waals surface area contributed by atoms with Crippen molar-refractivity contribution in [2.24, 2.45) is 5.73 Å². The molecular weight excluding hydrogens is 174 g/mol. The molecule has 13 heavy (non-hydrogen) atoms. The van der Waals surface area contributed by atoms with E-state index < -0.39 is 6.16 Å². The summed E-state index contributed by atoms with van der Waals surface area (Å²) in [5.74, 6) is 0. The molecule has 0 spiro atoms. The lowest BCUT2D eigenvalue weighted by molar-refractivity contribution is 0.0340. The first-order valence-corrected chi connectivity index (χ1v) is 4.39. The van der Waals surface area contributed by atoms with Crippen molar-refractivity contribution in [2.45, 2.75) is 25.6 Å². The number of ether oxygens (including phenoxy) is 3. The zero-order chi connectivity index (χ0) is 9.68. The second-order valence-corrected chi connectivity index (χ2v) is 2.95. The molecular formula is C8H15NO4.